The van der Waals surface area contributed by atoms with Crippen molar-refractivity contribution in [3.05, 3.63) is 29.8 Å². The molecule has 88 valence electrons. The zero-order valence-electron chi connectivity index (χ0n) is 9.93. The molecule has 0 spiro atoms. The van der Waals surface area contributed by atoms with Gasteiger partial charge in [0.1, 0.15) is 11.9 Å². The zero-order chi connectivity index (χ0) is 11.7. The molecule has 3 aliphatic heterocycles. The van der Waals surface area contributed by atoms with Gasteiger partial charge in [0.15, 0.2) is 0 Å². The monoisotopic (exact) mass is 227 g/mol. The summed E-state index contributed by atoms with van der Waals surface area (Å²) in [5, 5.41) is 0. The maximum absolute atomic E-state index is 6.08. The summed E-state index contributed by atoms with van der Waals surface area (Å²) in [6.45, 7) is 3.59. The second-order valence-electron chi connectivity index (χ2n) is 4.96. The predicted octanol–water partition coefficient (Wildman–Crippen LogP) is 2.14. The highest BCUT2D eigenvalue weighted by molar-refractivity contribution is 5.36. The molecule has 3 heterocycles. The smallest absolute Gasteiger partial charge is 0.119 e. The summed E-state index contributed by atoms with van der Waals surface area (Å²) in [6.07, 6.45) is 8.28. The van der Waals surface area contributed by atoms with Crippen LogP contribution in [0.3, 0.4) is 0 Å². The average molecular weight is 227 g/mol. The molecule has 2 bridgehead atoms. The maximum atomic E-state index is 6.08. The Kier molecular flexibility index (Phi) is 2.78. The first kappa shape index (κ1) is 10.7. The first-order valence-electron chi connectivity index (χ1n) is 6.31. The lowest BCUT2D eigenvalue weighted by atomic mass is 9.86. The Balaban J connectivity index is 1.68. The summed E-state index contributed by atoms with van der Waals surface area (Å²) in [4.78, 5) is 2.50. The lowest BCUT2D eigenvalue weighted by molar-refractivity contribution is -0.00775. The fourth-order valence-electron chi connectivity index (χ4n) is 2.85. The molecule has 1 atom stereocenters. The zero-order valence-corrected chi connectivity index (χ0v) is 9.93. The van der Waals surface area contributed by atoms with Gasteiger partial charge in [0, 0.05) is 12.1 Å². The van der Waals surface area contributed by atoms with Crippen molar-refractivity contribution in [3.8, 4) is 18.1 Å². The Morgan fingerprint density at radius 2 is 1.88 bits per heavy atom. The molecule has 0 saturated carbocycles. The van der Waals surface area contributed by atoms with Crippen LogP contribution in [0.2, 0.25) is 0 Å². The molecule has 0 radical (unpaired) electrons. The molecular formula is C15H17NO. The molecule has 1 aromatic rings. The molecule has 2 nitrogen and oxygen atoms in total. The van der Waals surface area contributed by atoms with Gasteiger partial charge in [-0.1, -0.05) is 5.92 Å². The quantitative estimate of drug-likeness (QED) is 0.718. The van der Waals surface area contributed by atoms with Crippen LogP contribution in [0.25, 0.3) is 0 Å². The van der Waals surface area contributed by atoms with Gasteiger partial charge in [0.25, 0.3) is 0 Å². The summed E-state index contributed by atoms with van der Waals surface area (Å²) in [6, 6.07) is 7.84. The van der Waals surface area contributed by atoms with Crippen molar-refractivity contribution in [2.24, 2.45) is 5.92 Å². The molecule has 0 N–H and O–H groups in total. The van der Waals surface area contributed by atoms with E-state index < -0.39 is 0 Å². The van der Waals surface area contributed by atoms with E-state index in [1.807, 2.05) is 24.3 Å². The van der Waals surface area contributed by atoms with Crippen LogP contribution in [-0.4, -0.2) is 30.6 Å². The van der Waals surface area contributed by atoms with Gasteiger partial charge in [-0.3, -0.25) is 4.90 Å². The Morgan fingerprint density at radius 1 is 1.18 bits per heavy atom. The van der Waals surface area contributed by atoms with Gasteiger partial charge < -0.3 is 4.74 Å². The summed E-state index contributed by atoms with van der Waals surface area (Å²) in [5.41, 5.74) is 0.909. The lowest BCUT2D eigenvalue weighted by Gasteiger charge is -2.44. The molecule has 3 saturated heterocycles. The Morgan fingerprint density at radius 3 is 2.41 bits per heavy atom. The molecular weight excluding hydrogens is 210 g/mol. The number of hydrogen-bond acceptors (Lipinski definition) is 2. The molecule has 2 heteroatoms. The van der Waals surface area contributed by atoms with Gasteiger partial charge in [0.05, 0.1) is 0 Å². The topological polar surface area (TPSA) is 12.5 Å². The van der Waals surface area contributed by atoms with Gasteiger partial charge >= 0.3 is 0 Å². The molecule has 4 rings (SSSR count). The van der Waals surface area contributed by atoms with Crippen LogP contribution in [0, 0.1) is 18.3 Å². The van der Waals surface area contributed by atoms with Crippen LogP contribution in [0.15, 0.2) is 24.3 Å². The van der Waals surface area contributed by atoms with Crippen molar-refractivity contribution >= 4 is 0 Å². The van der Waals surface area contributed by atoms with Crippen LogP contribution in [-0.2, 0) is 0 Å². The molecule has 0 aliphatic carbocycles. The third kappa shape index (κ3) is 2.16. The van der Waals surface area contributed by atoms with Crippen LogP contribution >= 0.6 is 0 Å². The van der Waals surface area contributed by atoms with Crippen LogP contribution in [0.4, 0.5) is 0 Å². The predicted molar refractivity (Wildman–Crippen MR) is 68.0 cm³/mol. The molecule has 0 aromatic heterocycles. The second kappa shape index (κ2) is 4.43. The number of terminal acetylenes is 1. The van der Waals surface area contributed by atoms with Gasteiger partial charge in [-0.15, -0.1) is 6.42 Å². The van der Waals surface area contributed by atoms with E-state index in [4.69, 9.17) is 11.2 Å². The van der Waals surface area contributed by atoms with Crippen molar-refractivity contribution in [3.63, 3.8) is 0 Å². The summed E-state index contributed by atoms with van der Waals surface area (Å²) in [5.74, 6) is 4.31. The highest BCUT2D eigenvalue weighted by atomic mass is 16.5. The molecule has 1 unspecified atom stereocenters. The van der Waals surface area contributed by atoms with Gasteiger partial charge in [0.2, 0.25) is 0 Å². The maximum Gasteiger partial charge on any atom is 0.119 e. The Bertz CT molecular complexity index is 423. The van der Waals surface area contributed by atoms with E-state index >= 15 is 0 Å². The first-order valence-corrected chi connectivity index (χ1v) is 6.31. The molecule has 17 heavy (non-hydrogen) atoms. The fraction of sp³-hybridized carbons (Fsp3) is 0.467. The largest absolute Gasteiger partial charge is 0.489 e. The highest BCUT2D eigenvalue weighted by Gasteiger charge is 2.35. The van der Waals surface area contributed by atoms with E-state index in [-0.39, 0.29) is 0 Å². The number of hydrogen-bond donors (Lipinski definition) is 0. The van der Waals surface area contributed by atoms with E-state index in [9.17, 15) is 0 Å². The van der Waals surface area contributed by atoms with Crippen LogP contribution in [0.1, 0.15) is 18.4 Å². The minimum Gasteiger partial charge on any atom is -0.489 e. The Labute approximate surface area is 103 Å². The second-order valence-corrected chi connectivity index (χ2v) is 4.96. The number of ether oxygens (including phenoxy) is 1. The van der Waals surface area contributed by atoms with Crippen LogP contribution in [0.5, 0.6) is 5.75 Å². The van der Waals surface area contributed by atoms with Gasteiger partial charge in [-0.05, 0) is 56.1 Å². The van der Waals surface area contributed by atoms with Gasteiger partial charge in [-0.2, -0.15) is 0 Å². The fourth-order valence-corrected chi connectivity index (χ4v) is 2.85. The normalized spacial score (nSPS) is 30.9. The lowest BCUT2D eigenvalue weighted by Crippen LogP contribution is -2.52. The highest BCUT2D eigenvalue weighted by Crippen LogP contribution is 2.30. The third-order valence-corrected chi connectivity index (χ3v) is 3.90. The standard InChI is InChI=1S/C15H17NO/c1-2-12-3-5-14(6-4-12)17-15-11-16-9-7-13(15)8-10-16/h1,3-6,13,15H,7-11H2. The third-order valence-electron chi connectivity index (χ3n) is 3.90. The molecule has 3 fully saturated rings. The van der Waals surface area contributed by atoms with Crippen molar-refractivity contribution in [1.82, 2.24) is 4.90 Å². The SMILES string of the molecule is C#Cc1ccc(OC2CN3CCC2CC3)cc1. The summed E-state index contributed by atoms with van der Waals surface area (Å²) >= 11 is 0. The van der Waals surface area contributed by atoms with Crippen molar-refractivity contribution in [2.45, 2.75) is 18.9 Å². The van der Waals surface area contributed by atoms with Gasteiger partial charge in [-0.25, -0.2) is 0 Å². The molecule has 3 aliphatic rings. The minimum atomic E-state index is 0.370. The summed E-state index contributed by atoms with van der Waals surface area (Å²) in [7, 11) is 0. The minimum absolute atomic E-state index is 0.370. The van der Waals surface area contributed by atoms with Crippen LogP contribution < -0.4 is 4.74 Å². The number of benzene rings is 1. The number of nitrogens with zero attached hydrogens (tertiary/aromatic N) is 1. The molecule has 1 aromatic carbocycles. The first-order chi connectivity index (χ1) is 8.35. The van der Waals surface area contributed by atoms with E-state index in [1.54, 1.807) is 0 Å². The van der Waals surface area contributed by atoms with E-state index in [1.165, 1.54) is 25.9 Å². The van der Waals surface area contributed by atoms with E-state index in [0.29, 0.717) is 6.10 Å². The van der Waals surface area contributed by atoms with E-state index in [2.05, 4.69) is 10.8 Å². The number of rotatable bonds is 2. The van der Waals surface area contributed by atoms with Crippen molar-refractivity contribution in [2.75, 3.05) is 19.6 Å². The molecule has 0 amide bonds. The van der Waals surface area contributed by atoms with E-state index in [0.717, 1.165) is 23.8 Å². The van der Waals surface area contributed by atoms with Crippen molar-refractivity contribution in [1.29, 1.82) is 0 Å². The van der Waals surface area contributed by atoms with Crippen molar-refractivity contribution < 1.29 is 4.74 Å². The average Bonchev–Trinajstić information content (AvgIpc) is 2.41. The number of fused-ring (bicyclic) bond motifs is 3. The number of piperidine rings is 3. The summed E-state index contributed by atoms with van der Waals surface area (Å²) < 4.78 is 6.08. The Hall–Kier alpha value is -1.46.